The number of fused-ring (bicyclic) bond motifs is 4. The van der Waals surface area contributed by atoms with Crippen LogP contribution < -0.4 is 15.6 Å². The average Bonchev–Trinajstić information content (AvgIpc) is 3.57. The lowest BCUT2D eigenvalue weighted by Gasteiger charge is -2.50. The number of aromatic hydroxyl groups is 1. The predicted molar refractivity (Wildman–Crippen MR) is 206 cm³/mol. The summed E-state index contributed by atoms with van der Waals surface area (Å²) in [6, 6.07) is 35.5. The fraction of sp³-hybridized carbons (Fsp3) is 0.182. The lowest BCUT2D eigenvalue weighted by Crippen LogP contribution is -2.53. The standard InChI is InChI=1S/C44H34ClFN4O5/c45-27-11-9-26(10-12-27)44-37(41(53)50(43(44)55)48-31-15-13-28(46)14-16-31)24-36-34(39(44)25-5-4-8-33(51)23-25)21-22-35-38(36)42(54)49(40(35)52)32-19-17-30(18-20-32)47-29-6-2-1-3-7-29/h1-21,23,35-39,47-48,51H,22,24H2. The molecule has 274 valence electrons. The summed E-state index contributed by atoms with van der Waals surface area (Å²) in [4.78, 5) is 60.1. The molecule has 4 aliphatic rings. The number of hydrogen-bond donors (Lipinski definition) is 3. The van der Waals surface area contributed by atoms with Gasteiger partial charge >= 0.3 is 0 Å². The van der Waals surface area contributed by atoms with E-state index in [2.05, 4.69) is 10.7 Å². The summed E-state index contributed by atoms with van der Waals surface area (Å²) in [5, 5.41) is 15.6. The third-order valence-electron chi connectivity index (χ3n) is 11.6. The fourth-order valence-electron chi connectivity index (χ4n) is 9.37. The number of benzene rings is 5. The van der Waals surface area contributed by atoms with Crippen LogP contribution in [0.3, 0.4) is 0 Å². The Hall–Kier alpha value is -6.26. The Bertz CT molecular complexity index is 2390. The molecule has 2 aliphatic carbocycles. The summed E-state index contributed by atoms with van der Waals surface area (Å²) in [5.41, 5.74) is 5.74. The highest BCUT2D eigenvalue weighted by atomic mass is 35.5. The number of nitrogens with one attached hydrogen (secondary N) is 2. The van der Waals surface area contributed by atoms with Crippen LogP contribution >= 0.6 is 11.6 Å². The van der Waals surface area contributed by atoms with Crippen molar-refractivity contribution in [2.75, 3.05) is 15.6 Å². The number of hydrogen-bond acceptors (Lipinski definition) is 7. The molecule has 6 unspecified atom stereocenters. The normalized spacial score (nSPS) is 25.6. The van der Waals surface area contributed by atoms with E-state index in [1.807, 2.05) is 48.5 Å². The van der Waals surface area contributed by atoms with Crippen molar-refractivity contribution >= 4 is 58.0 Å². The highest BCUT2D eigenvalue weighted by Gasteiger charge is 2.70. The fourth-order valence-corrected chi connectivity index (χ4v) is 9.50. The number of anilines is 4. The van der Waals surface area contributed by atoms with E-state index in [-0.39, 0.29) is 30.4 Å². The Morgan fingerprint density at radius 3 is 2.13 bits per heavy atom. The molecule has 3 fully saturated rings. The number of phenols is 1. The second-order valence-corrected chi connectivity index (χ2v) is 15.0. The zero-order valence-electron chi connectivity index (χ0n) is 29.2. The first-order valence-corrected chi connectivity index (χ1v) is 18.5. The number of carbonyl (C=O) groups excluding carboxylic acids is 4. The molecule has 3 N–H and O–H groups in total. The molecule has 2 aliphatic heterocycles. The Labute approximate surface area is 321 Å². The van der Waals surface area contributed by atoms with Crippen LogP contribution in [0.1, 0.15) is 29.9 Å². The van der Waals surface area contributed by atoms with Gasteiger partial charge in [-0.15, -0.1) is 0 Å². The van der Waals surface area contributed by atoms with Gasteiger partial charge in [0.1, 0.15) is 11.6 Å². The summed E-state index contributed by atoms with van der Waals surface area (Å²) in [7, 11) is 0. The SMILES string of the molecule is O=C1C2CC3C(=CCC4C(=O)N(c5ccc(Nc6ccccc6)cc5)C(=O)C43)C(c3cccc(O)c3)C2(c2ccc(Cl)cc2)C(=O)N1Nc1ccc(F)cc1. The van der Waals surface area contributed by atoms with Gasteiger partial charge in [-0.1, -0.05) is 65.7 Å². The molecule has 5 aromatic carbocycles. The molecule has 0 bridgehead atoms. The third-order valence-corrected chi connectivity index (χ3v) is 11.9. The van der Waals surface area contributed by atoms with Crippen LogP contribution in [0.15, 0.2) is 139 Å². The van der Waals surface area contributed by atoms with E-state index in [1.165, 1.54) is 35.2 Å². The van der Waals surface area contributed by atoms with E-state index in [1.54, 1.807) is 54.6 Å². The molecule has 6 atom stereocenters. The summed E-state index contributed by atoms with van der Waals surface area (Å²) in [6.07, 6.45) is 2.31. The van der Waals surface area contributed by atoms with E-state index < -0.39 is 52.6 Å². The van der Waals surface area contributed by atoms with Crippen LogP contribution in [-0.2, 0) is 24.6 Å². The first kappa shape index (κ1) is 34.5. The number of allylic oxidation sites excluding steroid dienone is 2. The molecule has 4 amide bonds. The summed E-state index contributed by atoms with van der Waals surface area (Å²) in [6.45, 7) is 0. The molecule has 1 saturated carbocycles. The van der Waals surface area contributed by atoms with Gasteiger partial charge in [0.15, 0.2) is 0 Å². The number of para-hydroxylation sites is 1. The molecule has 9 nitrogen and oxygen atoms in total. The smallest absolute Gasteiger partial charge is 0.260 e. The van der Waals surface area contributed by atoms with Crippen LogP contribution in [0.4, 0.5) is 27.1 Å². The monoisotopic (exact) mass is 752 g/mol. The van der Waals surface area contributed by atoms with Gasteiger partial charge in [0.2, 0.25) is 11.8 Å². The number of rotatable bonds is 7. The Kier molecular flexibility index (Phi) is 8.31. The maximum atomic E-state index is 15.2. The molecule has 0 aromatic heterocycles. The minimum atomic E-state index is -1.54. The quantitative estimate of drug-likeness (QED) is 0.114. The zero-order chi connectivity index (χ0) is 38.0. The van der Waals surface area contributed by atoms with Crippen LogP contribution in [0.2, 0.25) is 5.02 Å². The van der Waals surface area contributed by atoms with Gasteiger partial charge in [0.25, 0.3) is 11.8 Å². The number of phenolic OH excluding ortho intramolecular Hbond substituents is 1. The van der Waals surface area contributed by atoms with E-state index in [4.69, 9.17) is 11.6 Å². The Balaban J connectivity index is 1.14. The first-order valence-electron chi connectivity index (χ1n) is 18.1. The molecule has 5 aromatic rings. The average molecular weight is 753 g/mol. The molecule has 11 heteroatoms. The molecule has 2 saturated heterocycles. The van der Waals surface area contributed by atoms with E-state index in [9.17, 15) is 23.9 Å². The highest BCUT2D eigenvalue weighted by molar-refractivity contribution is 6.30. The van der Waals surface area contributed by atoms with E-state index in [0.717, 1.165) is 22.0 Å². The predicted octanol–water partition coefficient (Wildman–Crippen LogP) is 8.12. The number of hydrazine groups is 1. The van der Waals surface area contributed by atoms with E-state index in [0.29, 0.717) is 27.5 Å². The zero-order valence-corrected chi connectivity index (χ0v) is 30.0. The van der Waals surface area contributed by atoms with Crippen molar-refractivity contribution in [3.05, 3.63) is 161 Å². The van der Waals surface area contributed by atoms with Crippen molar-refractivity contribution in [2.24, 2.45) is 23.7 Å². The summed E-state index contributed by atoms with van der Waals surface area (Å²) < 4.78 is 13.9. The second kappa shape index (κ2) is 13.2. The molecule has 9 rings (SSSR count). The van der Waals surface area contributed by atoms with Crippen molar-refractivity contribution in [1.82, 2.24) is 5.01 Å². The number of amides is 4. The molecule has 0 radical (unpaired) electrons. The third kappa shape index (κ3) is 5.50. The van der Waals surface area contributed by atoms with Crippen molar-refractivity contribution in [2.45, 2.75) is 24.2 Å². The van der Waals surface area contributed by atoms with Gasteiger partial charge in [-0.3, -0.25) is 29.5 Å². The molecular weight excluding hydrogens is 719 g/mol. The number of nitrogens with zero attached hydrogens (tertiary/aromatic N) is 2. The topological polar surface area (TPSA) is 119 Å². The van der Waals surface area contributed by atoms with Gasteiger partial charge in [-0.2, -0.15) is 5.01 Å². The van der Waals surface area contributed by atoms with Crippen molar-refractivity contribution in [1.29, 1.82) is 0 Å². The molecular formula is C44H34ClFN4O5. The maximum Gasteiger partial charge on any atom is 0.260 e. The van der Waals surface area contributed by atoms with Gasteiger partial charge in [0.05, 0.1) is 34.5 Å². The van der Waals surface area contributed by atoms with Crippen molar-refractivity contribution in [3.8, 4) is 5.75 Å². The van der Waals surface area contributed by atoms with Gasteiger partial charge in [-0.05, 0) is 115 Å². The lowest BCUT2D eigenvalue weighted by atomic mass is 9.49. The second-order valence-electron chi connectivity index (χ2n) is 14.5. The maximum absolute atomic E-state index is 15.2. The minimum Gasteiger partial charge on any atom is -0.508 e. The van der Waals surface area contributed by atoms with Crippen molar-refractivity contribution in [3.63, 3.8) is 0 Å². The van der Waals surface area contributed by atoms with Gasteiger partial charge in [0, 0.05) is 22.3 Å². The van der Waals surface area contributed by atoms with E-state index >= 15 is 4.79 Å². The van der Waals surface area contributed by atoms with Crippen molar-refractivity contribution < 1.29 is 28.7 Å². The number of carbonyl (C=O) groups is 4. The Morgan fingerprint density at radius 2 is 1.42 bits per heavy atom. The Morgan fingerprint density at radius 1 is 0.727 bits per heavy atom. The van der Waals surface area contributed by atoms with Crippen LogP contribution in [0, 0.1) is 29.5 Å². The lowest BCUT2D eigenvalue weighted by molar-refractivity contribution is -0.138. The molecule has 55 heavy (non-hydrogen) atoms. The highest BCUT2D eigenvalue weighted by Crippen LogP contribution is 2.64. The minimum absolute atomic E-state index is 0.0294. The van der Waals surface area contributed by atoms with Crippen LogP contribution in [0.5, 0.6) is 5.75 Å². The summed E-state index contributed by atoms with van der Waals surface area (Å²) >= 11 is 6.36. The summed E-state index contributed by atoms with van der Waals surface area (Å²) in [5.74, 6) is -6.10. The largest absolute Gasteiger partial charge is 0.508 e. The van der Waals surface area contributed by atoms with Gasteiger partial charge < -0.3 is 10.4 Å². The molecule has 0 spiro atoms. The van der Waals surface area contributed by atoms with Gasteiger partial charge in [-0.25, -0.2) is 4.39 Å². The number of imide groups is 2. The molecule has 2 heterocycles. The van der Waals surface area contributed by atoms with Crippen LogP contribution in [-0.4, -0.2) is 33.7 Å². The number of halogens is 2. The van der Waals surface area contributed by atoms with Crippen LogP contribution in [0.25, 0.3) is 0 Å². The first-order chi connectivity index (χ1) is 26.6.